The molecule has 0 aliphatic rings. The van der Waals surface area contributed by atoms with E-state index in [1.54, 1.807) is 12.1 Å². The van der Waals surface area contributed by atoms with Gasteiger partial charge in [0.15, 0.2) is 9.84 Å². The Kier molecular flexibility index (Phi) is 5.13. The molecule has 1 N–H and O–H groups in total. The SMILES string of the molecule is C#CCC(CC)NC(=O)c1cccc(S(C)(=O)=O)c1. The molecule has 0 aromatic heterocycles. The fourth-order valence-corrected chi connectivity index (χ4v) is 2.24. The standard InChI is InChI=1S/C14H17NO3S/c1-4-7-12(5-2)15-14(16)11-8-6-9-13(10-11)19(3,17)18/h1,6,8-10,12H,5,7H2,2-3H3,(H,15,16). The number of hydrogen-bond donors (Lipinski definition) is 1. The summed E-state index contributed by atoms with van der Waals surface area (Å²) in [5.41, 5.74) is 0.318. The third kappa shape index (κ3) is 4.42. The van der Waals surface area contributed by atoms with Crippen LogP contribution < -0.4 is 5.32 Å². The first kappa shape index (κ1) is 15.3. The van der Waals surface area contributed by atoms with E-state index in [-0.39, 0.29) is 16.8 Å². The highest BCUT2D eigenvalue weighted by Crippen LogP contribution is 2.11. The Hall–Kier alpha value is -1.80. The van der Waals surface area contributed by atoms with Gasteiger partial charge < -0.3 is 5.32 Å². The summed E-state index contributed by atoms with van der Waals surface area (Å²) in [5, 5.41) is 2.79. The van der Waals surface area contributed by atoms with Gasteiger partial charge >= 0.3 is 0 Å². The van der Waals surface area contributed by atoms with Crippen molar-refractivity contribution in [1.82, 2.24) is 5.32 Å². The predicted octanol–water partition coefficient (Wildman–Crippen LogP) is 1.62. The van der Waals surface area contributed by atoms with Crippen LogP contribution >= 0.6 is 0 Å². The zero-order chi connectivity index (χ0) is 14.5. The summed E-state index contributed by atoms with van der Waals surface area (Å²) in [6.45, 7) is 1.93. The lowest BCUT2D eigenvalue weighted by atomic mass is 10.1. The second-order valence-electron chi connectivity index (χ2n) is 4.29. The molecule has 1 amide bonds. The average molecular weight is 279 g/mol. The van der Waals surface area contributed by atoms with Crippen molar-refractivity contribution in [1.29, 1.82) is 0 Å². The summed E-state index contributed by atoms with van der Waals surface area (Å²) in [4.78, 5) is 12.1. The van der Waals surface area contributed by atoms with E-state index < -0.39 is 9.84 Å². The molecule has 1 atom stereocenters. The molecular weight excluding hydrogens is 262 g/mol. The van der Waals surface area contributed by atoms with E-state index in [2.05, 4.69) is 11.2 Å². The summed E-state index contributed by atoms with van der Waals surface area (Å²) < 4.78 is 22.9. The van der Waals surface area contributed by atoms with E-state index in [0.29, 0.717) is 12.0 Å². The van der Waals surface area contributed by atoms with Gasteiger partial charge in [0.05, 0.1) is 4.90 Å². The van der Waals surface area contributed by atoms with Crippen LogP contribution in [-0.4, -0.2) is 26.6 Å². The predicted molar refractivity (Wildman–Crippen MR) is 74.5 cm³/mol. The van der Waals surface area contributed by atoms with E-state index in [1.807, 2.05) is 6.92 Å². The average Bonchev–Trinajstić information content (AvgIpc) is 2.37. The molecule has 5 heteroatoms. The lowest BCUT2D eigenvalue weighted by Gasteiger charge is -2.14. The van der Waals surface area contributed by atoms with Gasteiger partial charge in [-0.1, -0.05) is 13.0 Å². The van der Waals surface area contributed by atoms with Gasteiger partial charge in [-0.2, -0.15) is 0 Å². The lowest BCUT2D eigenvalue weighted by Crippen LogP contribution is -2.34. The normalized spacial score (nSPS) is 12.5. The molecule has 0 heterocycles. The van der Waals surface area contributed by atoms with Crippen LogP contribution in [0.15, 0.2) is 29.2 Å². The largest absolute Gasteiger partial charge is 0.348 e. The smallest absolute Gasteiger partial charge is 0.251 e. The zero-order valence-electron chi connectivity index (χ0n) is 11.0. The Bertz CT molecular complexity index is 599. The monoisotopic (exact) mass is 279 g/mol. The molecule has 19 heavy (non-hydrogen) atoms. The maximum atomic E-state index is 12.0. The summed E-state index contributed by atoms with van der Waals surface area (Å²) in [6.07, 6.45) is 7.50. The molecule has 0 aliphatic carbocycles. The molecule has 4 nitrogen and oxygen atoms in total. The fraction of sp³-hybridized carbons (Fsp3) is 0.357. The number of amides is 1. The Balaban J connectivity index is 2.92. The van der Waals surface area contributed by atoms with Crippen molar-refractivity contribution >= 4 is 15.7 Å². The Morgan fingerprint density at radius 3 is 2.68 bits per heavy atom. The van der Waals surface area contributed by atoms with Crippen molar-refractivity contribution in [3.05, 3.63) is 29.8 Å². The van der Waals surface area contributed by atoms with Gasteiger partial charge in [-0.3, -0.25) is 4.79 Å². The molecule has 0 bridgehead atoms. The molecule has 0 aliphatic heterocycles. The van der Waals surface area contributed by atoms with Crippen molar-refractivity contribution in [2.45, 2.75) is 30.7 Å². The number of rotatable bonds is 5. The highest BCUT2D eigenvalue weighted by molar-refractivity contribution is 7.90. The first-order valence-electron chi connectivity index (χ1n) is 5.93. The van der Waals surface area contributed by atoms with Gasteiger partial charge in [0.25, 0.3) is 5.91 Å². The van der Waals surface area contributed by atoms with Gasteiger partial charge in [-0.25, -0.2) is 8.42 Å². The summed E-state index contributed by atoms with van der Waals surface area (Å²) in [7, 11) is -3.32. The van der Waals surface area contributed by atoms with Crippen LogP contribution in [0.25, 0.3) is 0 Å². The topological polar surface area (TPSA) is 63.2 Å². The molecule has 1 unspecified atom stereocenters. The zero-order valence-corrected chi connectivity index (χ0v) is 11.8. The second-order valence-corrected chi connectivity index (χ2v) is 6.30. The van der Waals surface area contributed by atoms with Crippen LogP contribution in [0.3, 0.4) is 0 Å². The quantitative estimate of drug-likeness (QED) is 0.833. The Morgan fingerprint density at radius 2 is 2.16 bits per heavy atom. The van der Waals surface area contributed by atoms with Gasteiger partial charge in [0.1, 0.15) is 0 Å². The Morgan fingerprint density at radius 1 is 1.47 bits per heavy atom. The summed E-state index contributed by atoms with van der Waals surface area (Å²) in [5.74, 6) is 2.19. The van der Waals surface area contributed by atoms with Crippen molar-refractivity contribution in [2.75, 3.05) is 6.26 Å². The second kappa shape index (κ2) is 6.39. The van der Waals surface area contributed by atoms with E-state index in [1.165, 1.54) is 12.1 Å². The maximum absolute atomic E-state index is 12.0. The van der Waals surface area contributed by atoms with Crippen molar-refractivity contribution in [3.63, 3.8) is 0 Å². The lowest BCUT2D eigenvalue weighted by molar-refractivity contribution is 0.0936. The van der Waals surface area contributed by atoms with E-state index >= 15 is 0 Å². The molecule has 0 spiro atoms. The molecule has 102 valence electrons. The van der Waals surface area contributed by atoms with Gasteiger partial charge in [0, 0.05) is 24.3 Å². The number of terminal acetylenes is 1. The molecule has 0 fully saturated rings. The fourth-order valence-electron chi connectivity index (χ4n) is 1.58. The summed E-state index contributed by atoms with van der Waals surface area (Å²) >= 11 is 0. The third-order valence-corrected chi connectivity index (χ3v) is 3.83. The van der Waals surface area contributed by atoms with Crippen molar-refractivity contribution in [2.24, 2.45) is 0 Å². The highest BCUT2D eigenvalue weighted by atomic mass is 32.2. The van der Waals surface area contributed by atoms with Crippen LogP contribution in [0.2, 0.25) is 0 Å². The first-order valence-corrected chi connectivity index (χ1v) is 7.82. The van der Waals surface area contributed by atoms with Gasteiger partial charge in [0.2, 0.25) is 0 Å². The number of carbonyl (C=O) groups excluding carboxylic acids is 1. The van der Waals surface area contributed by atoms with E-state index in [9.17, 15) is 13.2 Å². The number of carbonyl (C=O) groups is 1. The third-order valence-electron chi connectivity index (χ3n) is 2.72. The maximum Gasteiger partial charge on any atom is 0.251 e. The van der Waals surface area contributed by atoms with Gasteiger partial charge in [-0.05, 0) is 24.6 Å². The molecular formula is C14H17NO3S. The number of benzene rings is 1. The van der Waals surface area contributed by atoms with Crippen LogP contribution in [-0.2, 0) is 9.84 Å². The van der Waals surface area contributed by atoms with Crippen molar-refractivity contribution < 1.29 is 13.2 Å². The van der Waals surface area contributed by atoms with E-state index in [4.69, 9.17) is 6.42 Å². The minimum Gasteiger partial charge on any atom is -0.348 e. The number of sulfone groups is 1. The minimum atomic E-state index is -3.32. The van der Waals surface area contributed by atoms with Crippen LogP contribution in [0, 0.1) is 12.3 Å². The van der Waals surface area contributed by atoms with Crippen LogP contribution in [0.4, 0.5) is 0 Å². The van der Waals surface area contributed by atoms with Crippen molar-refractivity contribution in [3.8, 4) is 12.3 Å². The molecule has 1 rings (SSSR count). The molecule has 1 aromatic rings. The van der Waals surface area contributed by atoms with Crippen LogP contribution in [0.5, 0.6) is 0 Å². The van der Waals surface area contributed by atoms with E-state index in [0.717, 1.165) is 12.7 Å². The molecule has 1 aromatic carbocycles. The van der Waals surface area contributed by atoms with Crippen LogP contribution in [0.1, 0.15) is 30.1 Å². The minimum absolute atomic E-state index is 0.0978. The molecule has 0 radical (unpaired) electrons. The Labute approximate surface area is 114 Å². The molecule has 0 saturated carbocycles. The number of nitrogens with one attached hydrogen (secondary N) is 1. The number of hydrogen-bond acceptors (Lipinski definition) is 3. The summed E-state index contributed by atoms with van der Waals surface area (Å²) in [6, 6.07) is 5.86. The molecule has 0 saturated heterocycles. The highest BCUT2D eigenvalue weighted by Gasteiger charge is 2.14. The first-order chi connectivity index (χ1) is 8.88. The van der Waals surface area contributed by atoms with Gasteiger partial charge in [-0.15, -0.1) is 12.3 Å².